The molecule has 0 aromatic carbocycles. The summed E-state index contributed by atoms with van der Waals surface area (Å²) in [7, 11) is 0. The van der Waals surface area contributed by atoms with Crippen LogP contribution in [0.25, 0.3) is 0 Å². The standard InChI is InChI=1S/C10H14O3/c1-6-3-8(5-11)9(10(12)13)4-7(6)2/h5,8-9H,3-4H2,1-2H3,(H,12,13)/t8-,9-/m1/s1. The van der Waals surface area contributed by atoms with Crippen molar-refractivity contribution in [1.82, 2.24) is 0 Å². The lowest BCUT2D eigenvalue weighted by Crippen LogP contribution is -2.28. The predicted octanol–water partition coefficient (Wildman–Crippen LogP) is 1.63. The Morgan fingerprint density at radius 2 is 1.92 bits per heavy atom. The second kappa shape index (κ2) is 3.73. The van der Waals surface area contributed by atoms with Gasteiger partial charge in [0.25, 0.3) is 0 Å². The van der Waals surface area contributed by atoms with Crippen LogP contribution in [-0.4, -0.2) is 17.4 Å². The van der Waals surface area contributed by atoms with Crippen LogP contribution in [0.3, 0.4) is 0 Å². The zero-order valence-electron chi connectivity index (χ0n) is 7.91. The van der Waals surface area contributed by atoms with Crippen molar-refractivity contribution in [3.63, 3.8) is 0 Å². The number of aliphatic carboxylic acids is 1. The van der Waals surface area contributed by atoms with Gasteiger partial charge in [0, 0.05) is 5.92 Å². The van der Waals surface area contributed by atoms with Crippen molar-refractivity contribution >= 4 is 12.3 Å². The van der Waals surface area contributed by atoms with Crippen molar-refractivity contribution in [2.24, 2.45) is 11.8 Å². The highest BCUT2D eigenvalue weighted by Crippen LogP contribution is 2.32. The number of hydrogen-bond donors (Lipinski definition) is 1. The molecule has 0 spiro atoms. The van der Waals surface area contributed by atoms with Gasteiger partial charge in [-0.3, -0.25) is 4.79 Å². The summed E-state index contributed by atoms with van der Waals surface area (Å²) < 4.78 is 0. The number of hydrogen-bond acceptors (Lipinski definition) is 2. The molecule has 0 radical (unpaired) electrons. The molecule has 1 rings (SSSR count). The molecule has 0 unspecified atom stereocenters. The third-order valence-corrected chi connectivity index (χ3v) is 2.81. The Bertz CT molecular complexity index is 265. The van der Waals surface area contributed by atoms with Crippen molar-refractivity contribution in [3.05, 3.63) is 11.1 Å². The van der Waals surface area contributed by atoms with Crippen LogP contribution in [-0.2, 0) is 9.59 Å². The first-order chi connectivity index (χ1) is 6.06. The van der Waals surface area contributed by atoms with E-state index in [1.165, 1.54) is 0 Å². The van der Waals surface area contributed by atoms with E-state index in [-0.39, 0.29) is 5.92 Å². The topological polar surface area (TPSA) is 54.4 Å². The SMILES string of the molecule is CC1=C(C)C[C@@H](C(=O)O)[C@@H](C=O)C1. The van der Waals surface area contributed by atoms with E-state index < -0.39 is 11.9 Å². The maximum absolute atomic E-state index is 10.8. The molecule has 2 atom stereocenters. The van der Waals surface area contributed by atoms with Crippen LogP contribution >= 0.6 is 0 Å². The summed E-state index contributed by atoms with van der Waals surface area (Å²) in [6, 6.07) is 0. The second-order valence-electron chi connectivity index (χ2n) is 3.71. The normalized spacial score (nSPS) is 28.8. The van der Waals surface area contributed by atoms with Gasteiger partial charge >= 0.3 is 5.97 Å². The highest BCUT2D eigenvalue weighted by molar-refractivity contribution is 5.76. The fourth-order valence-electron chi connectivity index (χ4n) is 1.74. The first kappa shape index (κ1) is 9.96. The van der Waals surface area contributed by atoms with Crippen molar-refractivity contribution < 1.29 is 14.7 Å². The van der Waals surface area contributed by atoms with Crippen LogP contribution in [0.5, 0.6) is 0 Å². The number of rotatable bonds is 2. The highest BCUT2D eigenvalue weighted by Gasteiger charge is 2.31. The Labute approximate surface area is 77.4 Å². The Morgan fingerprint density at radius 3 is 2.38 bits per heavy atom. The second-order valence-corrected chi connectivity index (χ2v) is 3.71. The fourth-order valence-corrected chi connectivity index (χ4v) is 1.74. The van der Waals surface area contributed by atoms with Crippen molar-refractivity contribution in [3.8, 4) is 0 Å². The Morgan fingerprint density at radius 1 is 1.38 bits per heavy atom. The number of carbonyl (C=O) groups excluding carboxylic acids is 1. The molecule has 0 amide bonds. The minimum absolute atomic E-state index is 0.332. The summed E-state index contributed by atoms with van der Waals surface area (Å²) in [5.74, 6) is -1.70. The average Bonchev–Trinajstić information content (AvgIpc) is 2.08. The van der Waals surface area contributed by atoms with E-state index in [0.29, 0.717) is 12.8 Å². The predicted molar refractivity (Wildman–Crippen MR) is 48.3 cm³/mol. The summed E-state index contributed by atoms with van der Waals surface area (Å²) in [5, 5.41) is 8.86. The summed E-state index contributed by atoms with van der Waals surface area (Å²) >= 11 is 0. The molecule has 1 aliphatic carbocycles. The van der Waals surface area contributed by atoms with E-state index in [9.17, 15) is 9.59 Å². The first-order valence-electron chi connectivity index (χ1n) is 4.39. The first-order valence-corrected chi connectivity index (χ1v) is 4.39. The van der Waals surface area contributed by atoms with E-state index >= 15 is 0 Å². The largest absolute Gasteiger partial charge is 0.481 e. The van der Waals surface area contributed by atoms with Crippen LogP contribution in [0.2, 0.25) is 0 Å². The smallest absolute Gasteiger partial charge is 0.307 e. The number of carbonyl (C=O) groups is 2. The van der Waals surface area contributed by atoms with Gasteiger partial charge in [-0.1, -0.05) is 11.1 Å². The van der Waals surface area contributed by atoms with Crippen LogP contribution in [0.1, 0.15) is 26.7 Å². The third-order valence-electron chi connectivity index (χ3n) is 2.81. The molecule has 0 aromatic rings. The van der Waals surface area contributed by atoms with Gasteiger partial charge < -0.3 is 9.90 Å². The van der Waals surface area contributed by atoms with Gasteiger partial charge in [0.15, 0.2) is 0 Å². The maximum Gasteiger partial charge on any atom is 0.307 e. The molecule has 1 N–H and O–H groups in total. The molecule has 3 heteroatoms. The van der Waals surface area contributed by atoms with Crippen LogP contribution in [0.4, 0.5) is 0 Å². The quantitative estimate of drug-likeness (QED) is 0.521. The van der Waals surface area contributed by atoms with E-state index in [1.807, 2.05) is 13.8 Å². The van der Waals surface area contributed by atoms with Crippen molar-refractivity contribution in [1.29, 1.82) is 0 Å². The Hall–Kier alpha value is -1.12. The number of carboxylic acid groups (broad SMARTS) is 1. The van der Waals surface area contributed by atoms with Crippen LogP contribution < -0.4 is 0 Å². The van der Waals surface area contributed by atoms with Crippen LogP contribution in [0.15, 0.2) is 11.1 Å². The van der Waals surface area contributed by atoms with Gasteiger partial charge in [0.1, 0.15) is 6.29 Å². The van der Waals surface area contributed by atoms with Gasteiger partial charge in [-0.05, 0) is 26.7 Å². The molecule has 3 nitrogen and oxygen atoms in total. The molecule has 1 aliphatic rings. The van der Waals surface area contributed by atoms with Gasteiger partial charge in [-0.25, -0.2) is 0 Å². The Kier molecular flexibility index (Phi) is 2.86. The van der Waals surface area contributed by atoms with E-state index in [0.717, 1.165) is 17.4 Å². The molecule has 0 aliphatic heterocycles. The lowest BCUT2D eigenvalue weighted by atomic mass is 9.77. The summed E-state index contributed by atoms with van der Waals surface area (Å²) in [6.07, 6.45) is 1.89. The minimum Gasteiger partial charge on any atom is -0.481 e. The molecular weight excluding hydrogens is 168 g/mol. The van der Waals surface area contributed by atoms with E-state index in [2.05, 4.69) is 0 Å². The fraction of sp³-hybridized carbons (Fsp3) is 0.600. The number of aldehydes is 1. The third kappa shape index (κ3) is 1.97. The van der Waals surface area contributed by atoms with E-state index in [1.54, 1.807) is 0 Å². The monoisotopic (exact) mass is 182 g/mol. The van der Waals surface area contributed by atoms with Gasteiger partial charge in [0.05, 0.1) is 5.92 Å². The molecular formula is C10H14O3. The van der Waals surface area contributed by atoms with Gasteiger partial charge in [-0.15, -0.1) is 0 Å². The summed E-state index contributed by atoms with van der Waals surface area (Å²) in [5.41, 5.74) is 2.28. The molecule has 0 heterocycles. The molecule has 0 aromatic heterocycles. The number of carboxylic acids is 1. The van der Waals surface area contributed by atoms with Gasteiger partial charge in [-0.2, -0.15) is 0 Å². The molecule has 0 saturated heterocycles. The zero-order chi connectivity index (χ0) is 10.0. The van der Waals surface area contributed by atoms with Crippen LogP contribution in [0, 0.1) is 11.8 Å². The maximum atomic E-state index is 10.8. The van der Waals surface area contributed by atoms with Crippen molar-refractivity contribution in [2.75, 3.05) is 0 Å². The molecule has 0 fully saturated rings. The Balaban J connectivity index is 2.87. The van der Waals surface area contributed by atoms with E-state index in [4.69, 9.17) is 5.11 Å². The molecule has 13 heavy (non-hydrogen) atoms. The molecule has 72 valence electrons. The molecule has 0 saturated carbocycles. The zero-order valence-corrected chi connectivity index (χ0v) is 7.91. The lowest BCUT2D eigenvalue weighted by molar-refractivity contribution is -0.145. The van der Waals surface area contributed by atoms with Crippen molar-refractivity contribution in [2.45, 2.75) is 26.7 Å². The highest BCUT2D eigenvalue weighted by atomic mass is 16.4. The lowest BCUT2D eigenvalue weighted by Gasteiger charge is -2.26. The number of allylic oxidation sites excluding steroid dienone is 2. The minimum atomic E-state index is -0.857. The summed E-state index contributed by atoms with van der Waals surface area (Å²) in [4.78, 5) is 21.4. The summed E-state index contributed by atoms with van der Waals surface area (Å²) in [6.45, 7) is 3.90. The molecule has 0 bridgehead atoms. The average molecular weight is 182 g/mol. The van der Waals surface area contributed by atoms with Gasteiger partial charge in [0.2, 0.25) is 0 Å².